The van der Waals surface area contributed by atoms with Crippen molar-refractivity contribution in [1.82, 2.24) is 4.90 Å². The summed E-state index contributed by atoms with van der Waals surface area (Å²) >= 11 is 0. The standard InChI is InChI=1S/C13H21N3O2S/c1-16-7-3-4-11(10-16)9-15-12-5-2-6-13(8-12)19(14,17)18/h2,5-6,8,11,15H,3-4,7,9-10H2,1H3,(H2,14,17,18). The maximum absolute atomic E-state index is 11.3. The smallest absolute Gasteiger partial charge is 0.238 e. The van der Waals surface area contributed by atoms with Crippen LogP contribution >= 0.6 is 0 Å². The van der Waals surface area contributed by atoms with Gasteiger partial charge in [-0.2, -0.15) is 0 Å². The molecule has 3 N–H and O–H groups in total. The molecule has 5 nitrogen and oxygen atoms in total. The van der Waals surface area contributed by atoms with Gasteiger partial charge in [-0.1, -0.05) is 6.07 Å². The fraction of sp³-hybridized carbons (Fsp3) is 0.538. The fourth-order valence-electron chi connectivity index (χ4n) is 2.49. The van der Waals surface area contributed by atoms with Gasteiger partial charge >= 0.3 is 0 Å². The van der Waals surface area contributed by atoms with E-state index < -0.39 is 10.0 Å². The first-order chi connectivity index (χ1) is 8.95. The van der Waals surface area contributed by atoms with Crippen LogP contribution in [0.3, 0.4) is 0 Å². The number of primary sulfonamides is 1. The molecule has 1 aliphatic heterocycles. The van der Waals surface area contributed by atoms with Crippen molar-refractivity contribution in [2.45, 2.75) is 17.7 Å². The topological polar surface area (TPSA) is 75.4 Å². The molecule has 1 heterocycles. The molecule has 106 valence electrons. The van der Waals surface area contributed by atoms with Crippen molar-refractivity contribution in [3.05, 3.63) is 24.3 Å². The minimum absolute atomic E-state index is 0.151. The monoisotopic (exact) mass is 283 g/mol. The highest BCUT2D eigenvalue weighted by Crippen LogP contribution is 2.18. The van der Waals surface area contributed by atoms with Gasteiger partial charge in [0.2, 0.25) is 10.0 Å². The Morgan fingerprint density at radius 2 is 2.26 bits per heavy atom. The van der Waals surface area contributed by atoms with Crippen LogP contribution in [-0.2, 0) is 10.0 Å². The lowest BCUT2D eigenvalue weighted by Crippen LogP contribution is -2.35. The van der Waals surface area contributed by atoms with E-state index in [0.29, 0.717) is 5.92 Å². The van der Waals surface area contributed by atoms with Gasteiger partial charge in [-0.05, 0) is 50.6 Å². The van der Waals surface area contributed by atoms with Crippen molar-refractivity contribution in [2.75, 3.05) is 32.0 Å². The Hall–Kier alpha value is -1.11. The van der Waals surface area contributed by atoms with Crippen molar-refractivity contribution in [3.8, 4) is 0 Å². The minimum Gasteiger partial charge on any atom is -0.385 e. The van der Waals surface area contributed by atoms with Gasteiger partial charge in [-0.25, -0.2) is 13.6 Å². The second-order valence-corrected chi connectivity index (χ2v) is 6.79. The number of piperidine rings is 1. The Bertz CT molecular complexity index is 530. The van der Waals surface area contributed by atoms with Crippen LogP contribution in [0.25, 0.3) is 0 Å². The number of likely N-dealkylation sites (tertiary alicyclic amines) is 1. The largest absolute Gasteiger partial charge is 0.385 e. The van der Waals surface area contributed by atoms with E-state index in [1.54, 1.807) is 12.1 Å². The van der Waals surface area contributed by atoms with Gasteiger partial charge in [0, 0.05) is 18.8 Å². The molecule has 0 bridgehead atoms. The van der Waals surface area contributed by atoms with Gasteiger partial charge in [-0.3, -0.25) is 0 Å². The summed E-state index contributed by atoms with van der Waals surface area (Å²) < 4.78 is 22.6. The van der Waals surface area contributed by atoms with Crippen LogP contribution in [-0.4, -0.2) is 40.0 Å². The van der Waals surface area contributed by atoms with Gasteiger partial charge in [0.15, 0.2) is 0 Å². The first-order valence-electron chi connectivity index (χ1n) is 6.50. The lowest BCUT2D eigenvalue weighted by Gasteiger charge is -2.30. The van der Waals surface area contributed by atoms with E-state index in [1.807, 2.05) is 6.07 Å². The van der Waals surface area contributed by atoms with Crippen LogP contribution < -0.4 is 10.5 Å². The highest BCUT2D eigenvalue weighted by Gasteiger charge is 2.17. The molecule has 6 heteroatoms. The molecule has 2 rings (SSSR count). The summed E-state index contributed by atoms with van der Waals surface area (Å²) in [6, 6.07) is 6.66. The number of anilines is 1. The van der Waals surface area contributed by atoms with Gasteiger partial charge in [0.05, 0.1) is 4.90 Å². The lowest BCUT2D eigenvalue weighted by atomic mass is 9.98. The molecule has 0 saturated carbocycles. The summed E-state index contributed by atoms with van der Waals surface area (Å²) in [6.07, 6.45) is 2.44. The third kappa shape index (κ3) is 4.19. The fourth-order valence-corrected chi connectivity index (χ4v) is 3.04. The Morgan fingerprint density at radius 1 is 1.47 bits per heavy atom. The van der Waals surface area contributed by atoms with Gasteiger partial charge in [0.25, 0.3) is 0 Å². The summed E-state index contributed by atoms with van der Waals surface area (Å²) in [6.45, 7) is 3.11. The van der Waals surface area contributed by atoms with E-state index in [0.717, 1.165) is 25.3 Å². The van der Waals surface area contributed by atoms with Crippen LogP contribution in [0.2, 0.25) is 0 Å². The number of nitrogens with two attached hydrogens (primary N) is 1. The molecule has 0 aromatic heterocycles. The lowest BCUT2D eigenvalue weighted by molar-refractivity contribution is 0.217. The molecule has 0 aliphatic carbocycles. The molecular weight excluding hydrogens is 262 g/mol. The van der Waals surface area contributed by atoms with E-state index in [-0.39, 0.29) is 4.90 Å². The number of nitrogens with zero attached hydrogens (tertiary/aromatic N) is 1. The highest BCUT2D eigenvalue weighted by atomic mass is 32.2. The molecular formula is C13H21N3O2S. The zero-order valence-electron chi connectivity index (χ0n) is 11.2. The third-order valence-corrected chi connectivity index (χ3v) is 4.39. The van der Waals surface area contributed by atoms with Crippen LogP contribution in [0.1, 0.15) is 12.8 Å². The molecule has 19 heavy (non-hydrogen) atoms. The predicted molar refractivity (Wildman–Crippen MR) is 76.5 cm³/mol. The molecule has 1 aliphatic rings. The molecule has 1 aromatic rings. The molecule has 1 unspecified atom stereocenters. The molecule has 0 spiro atoms. The third-order valence-electron chi connectivity index (χ3n) is 3.48. The van der Waals surface area contributed by atoms with Crippen molar-refractivity contribution in [3.63, 3.8) is 0 Å². The molecule has 1 atom stereocenters. The first kappa shape index (κ1) is 14.3. The number of hydrogen-bond acceptors (Lipinski definition) is 4. The maximum atomic E-state index is 11.3. The number of hydrogen-bond donors (Lipinski definition) is 2. The number of benzene rings is 1. The predicted octanol–water partition coefficient (Wildman–Crippen LogP) is 1.09. The van der Waals surface area contributed by atoms with Gasteiger partial charge < -0.3 is 10.2 Å². The van der Waals surface area contributed by atoms with Crippen molar-refractivity contribution < 1.29 is 8.42 Å². The summed E-state index contributed by atoms with van der Waals surface area (Å²) in [4.78, 5) is 2.48. The van der Waals surface area contributed by atoms with Crippen LogP contribution in [0.5, 0.6) is 0 Å². The van der Waals surface area contributed by atoms with Gasteiger partial charge in [0.1, 0.15) is 0 Å². The normalized spacial score (nSPS) is 21.3. The Kier molecular flexibility index (Phi) is 4.44. The van der Waals surface area contributed by atoms with Crippen molar-refractivity contribution in [2.24, 2.45) is 11.1 Å². The molecule has 0 radical (unpaired) electrons. The summed E-state index contributed by atoms with van der Waals surface area (Å²) in [5, 5.41) is 8.42. The minimum atomic E-state index is -3.63. The van der Waals surface area contributed by atoms with E-state index in [2.05, 4.69) is 17.3 Å². The SMILES string of the molecule is CN1CCCC(CNc2cccc(S(N)(=O)=O)c2)C1. The number of rotatable bonds is 4. The van der Waals surface area contributed by atoms with Crippen molar-refractivity contribution >= 4 is 15.7 Å². The molecule has 1 saturated heterocycles. The number of sulfonamides is 1. The van der Waals surface area contributed by atoms with E-state index in [4.69, 9.17) is 5.14 Å². The van der Waals surface area contributed by atoms with E-state index in [9.17, 15) is 8.42 Å². The van der Waals surface area contributed by atoms with Crippen LogP contribution in [0.15, 0.2) is 29.2 Å². The quantitative estimate of drug-likeness (QED) is 0.867. The Morgan fingerprint density at radius 3 is 2.95 bits per heavy atom. The average Bonchev–Trinajstić information content (AvgIpc) is 2.36. The second-order valence-electron chi connectivity index (χ2n) is 5.22. The molecule has 1 aromatic carbocycles. The average molecular weight is 283 g/mol. The van der Waals surface area contributed by atoms with Crippen LogP contribution in [0, 0.1) is 5.92 Å². The van der Waals surface area contributed by atoms with E-state index in [1.165, 1.54) is 18.9 Å². The second kappa shape index (κ2) is 5.90. The van der Waals surface area contributed by atoms with Crippen molar-refractivity contribution in [1.29, 1.82) is 0 Å². The Balaban J connectivity index is 1.96. The van der Waals surface area contributed by atoms with Gasteiger partial charge in [-0.15, -0.1) is 0 Å². The zero-order chi connectivity index (χ0) is 13.9. The molecule has 1 fully saturated rings. The highest BCUT2D eigenvalue weighted by molar-refractivity contribution is 7.89. The first-order valence-corrected chi connectivity index (χ1v) is 8.05. The van der Waals surface area contributed by atoms with E-state index >= 15 is 0 Å². The summed E-state index contributed by atoms with van der Waals surface area (Å²) in [5.74, 6) is 0.608. The zero-order valence-corrected chi connectivity index (χ0v) is 12.0. The number of nitrogens with one attached hydrogen (secondary N) is 1. The molecule has 0 amide bonds. The summed E-state index contributed by atoms with van der Waals surface area (Å²) in [7, 11) is -1.49. The maximum Gasteiger partial charge on any atom is 0.238 e. The Labute approximate surface area is 114 Å². The van der Waals surface area contributed by atoms with Crippen LogP contribution in [0.4, 0.5) is 5.69 Å². The summed E-state index contributed by atoms with van der Waals surface area (Å²) in [5.41, 5.74) is 0.805.